The summed E-state index contributed by atoms with van der Waals surface area (Å²) < 4.78 is 0. The van der Waals surface area contributed by atoms with Crippen LogP contribution in [0.3, 0.4) is 0 Å². The largest absolute Gasteiger partial charge is 0.394 e. The van der Waals surface area contributed by atoms with Crippen molar-refractivity contribution in [1.29, 1.82) is 0 Å². The Morgan fingerprint density at radius 3 is 0.972 bits per heavy atom. The Hall–Kier alpha value is -3.73. The number of allylic oxidation sites excluding steroid dienone is 23. The van der Waals surface area contributed by atoms with Crippen LogP contribution < -0.4 is 5.32 Å². The molecular formula is C68H113NO3. The van der Waals surface area contributed by atoms with E-state index >= 15 is 0 Å². The van der Waals surface area contributed by atoms with Crippen LogP contribution in [0.5, 0.6) is 0 Å². The molecule has 0 aromatic carbocycles. The number of nitrogens with one attached hydrogen (secondary N) is 1. The van der Waals surface area contributed by atoms with Crippen LogP contribution in [0.4, 0.5) is 0 Å². The molecule has 0 aliphatic heterocycles. The first-order chi connectivity index (χ1) is 35.7. The van der Waals surface area contributed by atoms with Gasteiger partial charge in [-0.3, -0.25) is 4.79 Å². The zero-order chi connectivity index (χ0) is 52.0. The van der Waals surface area contributed by atoms with Crippen molar-refractivity contribution in [3.63, 3.8) is 0 Å². The van der Waals surface area contributed by atoms with Crippen LogP contribution in [0.25, 0.3) is 0 Å². The van der Waals surface area contributed by atoms with Crippen molar-refractivity contribution in [3.05, 3.63) is 146 Å². The van der Waals surface area contributed by atoms with Crippen LogP contribution in [0.1, 0.15) is 258 Å². The molecule has 72 heavy (non-hydrogen) atoms. The Labute approximate surface area is 446 Å². The summed E-state index contributed by atoms with van der Waals surface area (Å²) in [6.07, 6.45) is 97.3. The van der Waals surface area contributed by atoms with Crippen molar-refractivity contribution in [2.45, 2.75) is 270 Å². The molecule has 4 heteroatoms. The number of carbonyl (C=O) groups excluding carboxylic acids is 1. The minimum atomic E-state index is -0.880. The highest BCUT2D eigenvalue weighted by Crippen LogP contribution is 2.15. The van der Waals surface area contributed by atoms with E-state index in [1.807, 2.05) is 6.08 Å². The van der Waals surface area contributed by atoms with Gasteiger partial charge in [0, 0.05) is 6.42 Å². The van der Waals surface area contributed by atoms with E-state index < -0.39 is 12.1 Å². The molecule has 0 aliphatic carbocycles. The van der Waals surface area contributed by atoms with E-state index in [4.69, 9.17) is 0 Å². The predicted octanol–water partition coefficient (Wildman–Crippen LogP) is 20.4. The normalized spacial score (nSPS) is 13.9. The Balaban J connectivity index is 3.67. The zero-order valence-electron chi connectivity index (χ0n) is 46.9. The topological polar surface area (TPSA) is 69.6 Å². The van der Waals surface area contributed by atoms with E-state index in [9.17, 15) is 15.0 Å². The number of aliphatic hydroxyl groups is 2. The first-order valence-corrected chi connectivity index (χ1v) is 30.0. The van der Waals surface area contributed by atoms with Gasteiger partial charge in [0.2, 0.25) is 5.91 Å². The fraction of sp³-hybridized carbons (Fsp3) is 0.632. The lowest BCUT2D eigenvalue weighted by atomic mass is 10.0. The Bertz CT molecular complexity index is 1500. The molecule has 0 saturated carbocycles. The van der Waals surface area contributed by atoms with E-state index in [0.717, 1.165) is 109 Å². The van der Waals surface area contributed by atoms with Gasteiger partial charge in [0.15, 0.2) is 0 Å². The van der Waals surface area contributed by atoms with Gasteiger partial charge in [-0.05, 0) is 109 Å². The second-order valence-corrected chi connectivity index (χ2v) is 19.7. The van der Waals surface area contributed by atoms with Gasteiger partial charge in [-0.15, -0.1) is 0 Å². The Morgan fingerprint density at radius 2 is 0.625 bits per heavy atom. The van der Waals surface area contributed by atoms with Crippen LogP contribution in [0.2, 0.25) is 0 Å². The van der Waals surface area contributed by atoms with Gasteiger partial charge in [-0.2, -0.15) is 0 Å². The maximum atomic E-state index is 12.5. The van der Waals surface area contributed by atoms with E-state index in [1.165, 1.54) is 128 Å². The van der Waals surface area contributed by atoms with Crippen molar-refractivity contribution in [2.75, 3.05) is 6.61 Å². The number of unbranched alkanes of at least 4 members (excludes halogenated alkanes) is 24. The minimum Gasteiger partial charge on any atom is -0.394 e. The molecule has 0 aliphatic rings. The molecule has 0 bridgehead atoms. The average Bonchev–Trinajstić information content (AvgIpc) is 3.39. The van der Waals surface area contributed by atoms with Crippen LogP contribution in [-0.4, -0.2) is 34.9 Å². The number of hydrogen-bond donors (Lipinski definition) is 3. The second-order valence-electron chi connectivity index (χ2n) is 19.7. The number of rotatable bonds is 53. The smallest absolute Gasteiger partial charge is 0.220 e. The van der Waals surface area contributed by atoms with E-state index in [0.29, 0.717) is 6.42 Å². The second kappa shape index (κ2) is 61.6. The first kappa shape index (κ1) is 68.3. The number of amides is 1. The highest BCUT2D eigenvalue weighted by atomic mass is 16.3. The highest BCUT2D eigenvalue weighted by Gasteiger charge is 2.18. The number of hydrogen-bond acceptors (Lipinski definition) is 3. The fourth-order valence-corrected chi connectivity index (χ4v) is 8.28. The summed E-state index contributed by atoms with van der Waals surface area (Å²) in [5, 5.41) is 23.2. The molecule has 408 valence electrons. The maximum absolute atomic E-state index is 12.5. The molecule has 0 heterocycles. The van der Waals surface area contributed by atoms with Crippen LogP contribution in [0, 0.1) is 0 Å². The lowest BCUT2D eigenvalue weighted by Crippen LogP contribution is -2.45. The maximum Gasteiger partial charge on any atom is 0.220 e. The summed E-state index contributed by atoms with van der Waals surface area (Å²) in [6, 6.07) is -0.659. The summed E-state index contributed by atoms with van der Waals surface area (Å²) in [5.74, 6) is -0.0930. The van der Waals surface area contributed by atoms with E-state index in [-0.39, 0.29) is 12.5 Å². The van der Waals surface area contributed by atoms with Crippen molar-refractivity contribution in [1.82, 2.24) is 5.32 Å². The molecule has 0 saturated heterocycles. The molecule has 0 fully saturated rings. The molecule has 2 unspecified atom stereocenters. The minimum absolute atomic E-state index is 0.0930. The standard InChI is InChI=1S/C68H113NO3/c1-3-5-7-9-11-13-15-17-19-21-23-25-27-28-29-30-31-32-33-34-35-36-37-38-39-40-42-44-46-48-50-52-54-56-58-60-62-64-68(72)69-66(65-70)67(71)63-61-59-57-55-53-51-49-47-45-43-41-26-24-22-20-18-16-14-12-10-8-6-4-2/h5,7,11,13,17,19,23,25,28-29,31-32,34-35,37-38,40,42,46,48,53,55,61,63,66-67,70-71H,3-4,6,8-10,12,14-16,18,20-22,24,26-27,30,33,36,39,41,43-45,47,49-52,54,56-60,62,64-65H2,1-2H3,(H,69,72)/b7-5-,13-11-,19-17-,25-23-,29-28-,32-31-,35-34-,38-37-,42-40-,48-46-,55-53+,63-61+. The summed E-state index contributed by atoms with van der Waals surface area (Å²) in [6.45, 7) is 4.18. The lowest BCUT2D eigenvalue weighted by Gasteiger charge is -2.19. The van der Waals surface area contributed by atoms with Gasteiger partial charge in [0.1, 0.15) is 0 Å². The summed E-state index contributed by atoms with van der Waals surface area (Å²) in [7, 11) is 0. The number of aliphatic hydroxyl groups excluding tert-OH is 2. The lowest BCUT2D eigenvalue weighted by molar-refractivity contribution is -0.123. The highest BCUT2D eigenvalue weighted by molar-refractivity contribution is 5.76. The van der Waals surface area contributed by atoms with Gasteiger partial charge < -0.3 is 15.5 Å². The van der Waals surface area contributed by atoms with Crippen molar-refractivity contribution < 1.29 is 15.0 Å². The van der Waals surface area contributed by atoms with Crippen LogP contribution in [0.15, 0.2) is 146 Å². The molecule has 0 aromatic rings. The van der Waals surface area contributed by atoms with Crippen molar-refractivity contribution in [2.24, 2.45) is 0 Å². The van der Waals surface area contributed by atoms with Gasteiger partial charge in [-0.1, -0.05) is 288 Å². The molecule has 3 N–H and O–H groups in total. The van der Waals surface area contributed by atoms with Gasteiger partial charge in [-0.25, -0.2) is 0 Å². The van der Waals surface area contributed by atoms with Crippen LogP contribution >= 0.6 is 0 Å². The van der Waals surface area contributed by atoms with Gasteiger partial charge in [0.05, 0.1) is 18.8 Å². The van der Waals surface area contributed by atoms with Gasteiger partial charge >= 0.3 is 0 Å². The number of carbonyl (C=O) groups is 1. The van der Waals surface area contributed by atoms with E-state index in [1.54, 1.807) is 6.08 Å². The third-order valence-corrected chi connectivity index (χ3v) is 12.8. The third kappa shape index (κ3) is 57.2. The van der Waals surface area contributed by atoms with E-state index in [2.05, 4.69) is 153 Å². The van der Waals surface area contributed by atoms with Crippen molar-refractivity contribution >= 4 is 5.91 Å². The summed E-state index contributed by atoms with van der Waals surface area (Å²) in [4.78, 5) is 12.5. The van der Waals surface area contributed by atoms with Crippen LogP contribution in [-0.2, 0) is 4.79 Å². The average molecular weight is 993 g/mol. The van der Waals surface area contributed by atoms with Gasteiger partial charge in [0.25, 0.3) is 0 Å². The monoisotopic (exact) mass is 992 g/mol. The Morgan fingerprint density at radius 1 is 0.347 bits per heavy atom. The molecule has 0 spiro atoms. The molecule has 0 rings (SSSR count). The SMILES string of the molecule is CC/C=C\C/C=C\C/C=C\C/C=C\C/C=C\C/C=C\C/C=C\C/C=C\C/C=C\C/C=C\CCCCCCCCC(=O)NC(CO)C(O)/C=C/CC/C=C/CCCCCCCCCCCCCCCCCCC. The fourth-order valence-electron chi connectivity index (χ4n) is 8.28. The molecule has 0 aromatic heterocycles. The summed E-state index contributed by atoms with van der Waals surface area (Å²) >= 11 is 0. The quantitative estimate of drug-likeness (QED) is 0.0420. The third-order valence-electron chi connectivity index (χ3n) is 12.8. The zero-order valence-corrected chi connectivity index (χ0v) is 46.9. The first-order valence-electron chi connectivity index (χ1n) is 30.0. The molecule has 4 nitrogen and oxygen atoms in total. The van der Waals surface area contributed by atoms with Crippen molar-refractivity contribution in [3.8, 4) is 0 Å². The Kier molecular flexibility index (Phi) is 58.4. The predicted molar refractivity (Wildman–Crippen MR) is 321 cm³/mol. The molecular weight excluding hydrogens is 879 g/mol. The summed E-state index contributed by atoms with van der Waals surface area (Å²) in [5.41, 5.74) is 0. The molecule has 2 atom stereocenters. The molecule has 0 radical (unpaired) electrons. The molecule has 1 amide bonds.